The standard InChI is InChI=1S/C16H22N2O.ClH/c19-16(14-5-4-10-17-11-14)18(12-13-8-9-13)15-6-2-1-3-7-15;/h1-3,6-7,13-14,17H,4-5,8-12H2;1H. The van der Waals surface area contributed by atoms with Crippen molar-refractivity contribution < 1.29 is 4.79 Å². The van der Waals surface area contributed by atoms with Crippen LogP contribution in [0.4, 0.5) is 5.69 Å². The van der Waals surface area contributed by atoms with Crippen molar-refractivity contribution in [2.45, 2.75) is 25.7 Å². The summed E-state index contributed by atoms with van der Waals surface area (Å²) in [6.45, 7) is 2.80. The van der Waals surface area contributed by atoms with Gasteiger partial charge in [0, 0.05) is 18.8 Å². The van der Waals surface area contributed by atoms with Crippen molar-refractivity contribution >= 4 is 24.0 Å². The maximum absolute atomic E-state index is 12.7. The number of hydrogen-bond acceptors (Lipinski definition) is 2. The summed E-state index contributed by atoms with van der Waals surface area (Å²) in [7, 11) is 0. The smallest absolute Gasteiger partial charge is 0.231 e. The van der Waals surface area contributed by atoms with Crippen LogP contribution < -0.4 is 10.2 Å². The Labute approximate surface area is 127 Å². The van der Waals surface area contributed by atoms with E-state index < -0.39 is 0 Å². The first kappa shape index (κ1) is 15.3. The number of carbonyl (C=O) groups excluding carboxylic acids is 1. The molecule has 0 spiro atoms. The first-order valence-corrected chi connectivity index (χ1v) is 7.42. The minimum Gasteiger partial charge on any atom is -0.316 e. The zero-order chi connectivity index (χ0) is 13.1. The van der Waals surface area contributed by atoms with Crippen LogP contribution in [-0.2, 0) is 4.79 Å². The van der Waals surface area contributed by atoms with Gasteiger partial charge < -0.3 is 10.2 Å². The SMILES string of the molecule is Cl.O=C(C1CCCNC1)N(CC1CC1)c1ccccc1. The van der Waals surface area contributed by atoms with E-state index in [2.05, 4.69) is 17.4 Å². The Balaban J connectivity index is 0.00000147. The minimum atomic E-state index is 0. The lowest BCUT2D eigenvalue weighted by Crippen LogP contribution is -2.44. The van der Waals surface area contributed by atoms with Gasteiger partial charge in [0.2, 0.25) is 5.91 Å². The quantitative estimate of drug-likeness (QED) is 0.926. The second-order valence-electron chi connectivity index (χ2n) is 5.77. The van der Waals surface area contributed by atoms with Crippen LogP contribution in [-0.4, -0.2) is 25.5 Å². The maximum Gasteiger partial charge on any atom is 0.231 e. The normalized spacial score (nSPS) is 21.9. The van der Waals surface area contributed by atoms with E-state index in [4.69, 9.17) is 0 Å². The number of benzene rings is 1. The van der Waals surface area contributed by atoms with Crippen LogP contribution in [0.3, 0.4) is 0 Å². The molecular formula is C16H23ClN2O. The second-order valence-corrected chi connectivity index (χ2v) is 5.77. The van der Waals surface area contributed by atoms with Crippen LogP contribution in [0.5, 0.6) is 0 Å². The van der Waals surface area contributed by atoms with Gasteiger partial charge in [0.1, 0.15) is 0 Å². The molecule has 1 aliphatic heterocycles. The maximum atomic E-state index is 12.7. The van der Waals surface area contributed by atoms with Gasteiger partial charge in [0.25, 0.3) is 0 Å². The third-order valence-corrected chi connectivity index (χ3v) is 4.12. The van der Waals surface area contributed by atoms with Gasteiger partial charge in [0.05, 0.1) is 5.92 Å². The molecule has 1 aliphatic carbocycles. The molecule has 1 N–H and O–H groups in total. The topological polar surface area (TPSA) is 32.3 Å². The molecule has 1 saturated heterocycles. The monoisotopic (exact) mass is 294 g/mol. The number of anilines is 1. The van der Waals surface area contributed by atoms with Crippen molar-refractivity contribution in [2.75, 3.05) is 24.5 Å². The third-order valence-electron chi connectivity index (χ3n) is 4.12. The largest absolute Gasteiger partial charge is 0.316 e. The van der Waals surface area contributed by atoms with E-state index in [9.17, 15) is 4.79 Å². The lowest BCUT2D eigenvalue weighted by molar-refractivity contribution is -0.122. The van der Waals surface area contributed by atoms with Gasteiger partial charge in [-0.05, 0) is 50.3 Å². The van der Waals surface area contributed by atoms with Crippen LogP contribution in [0.2, 0.25) is 0 Å². The van der Waals surface area contributed by atoms with Gasteiger partial charge in [-0.3, -0.25) is 4.79 Å². The molecule has 1 saturated carbocycles. The Kier molecular flexibility index (Phi) is 5.44. The Morgan fingerprint density at radius 1 is 1.20 bits per heavy atom. The molecule has 2 aliphatic rings. The molecule has 1 unspecified atom stereocenters. The number of rotatable bonds is 4. The van der Waals surface area contributed by atoms with E-state index >= 15 is 0 Å². The van der Waals surface area contributed by atoms with Crippen molar-refractivity contribution in [3.8, 4) is 0 Å². The lowest BCUT2D eigenvalue weighted by Gasteiger charge is -2.30. The molecule has 1 heterocycles. The molecule has 3 nitrogen and oxygen atoms in total. The number of hydrogen-bond donors (Lipinski definition) is 1. The van der Waals surface area contributed by atoms with E-state index in [0.717, 1.165) is 44.1 Å². The van der Waals surface area contributed by atoms with Crippen LogP contribution in [0, 0.1) is 11.8 Å². The summed E-state index contributed by atoms with van der Waals surface area (Å²) < 4.78 is 0. The molecule has 110 valence electrons. The molecule has 1 amide bonds. The average molecular weight is 295 g/mol. The summed E-state index contributed by atoms with van der Waals surface area (Å²) in [5.41, 5.74) is 1.06. The van der Waals surface area contributed by atoms with Crippen molar-refractivity contribution in [3.63, 3.8) is 0 Å². The molecule has 0 bridgehead atoms. The molecule has 2 fully saturated rings. The van der Waals surface area contributed by atoms with Gasteiger partial charge in [-0.1, -0.05) is 18.2 Å². The fourth-order valence-corrected chi connectivity index (χ4v) is 2.77. The van der Waals surface area contributed by atoms with Crippen molar-refractivity contribution in [1.82, 2.24) is 5.32 Å². The summed E-state index contributed by atoms with van der Waals surface area (Å²) in [5.74, 6) is 1.19. The molecule has 1 atom stereocenters. The van der Waals surface area contributed by atoms with Gasteiger partial charge in [0.15, 0.2) is 0 Å². The predicted octanol–water partition coefficient (Wildman–Crippen LogP) is 2.85. The predicted molar refractivity (Wildman–Crippen MR) is 84.4 cm³/mol. The van der Waals surface area contributed by atoms with Crippen LogP contribution in [0.15, 0.2) is 30.3 Å². The summed E-state index contributed by atoms with van der Waals surface area (Å²) in [4.78, 5) is 14.8. The van der Waals surface area contributed by atoms with Crippen LogP contribution in [0.25, 0.3) is 0 Å². The minimum absolute atomic E-state index is 0. The van der Waals surface area contributed by atoms with Crippen molar-refractivity contribution in [2.24, 2.45) is 11.8 Å². The third kappa shape index (κ3) is 3.74. The van der Waals surface area contributed by atoms with E-state index in [-0.39, 0.29) is 18.3 Å². The number of nitrogens with zero attached hydrogens (tertiary/aromatic N) is 1. The first-order valence-electron chi connectivity index (χ1n) is 7.42. The number of piperidine rings is 1. The summed E-state index contributed by atoms with van der Waals surface area (Å²) >= 11 is 0. The first-order chi connectivity index (χ1) is 9.34. The Bertz CT molecular complexity index is 427. The lowest BCUT2D eigenvalue weighted by atomic mass is 9.97. The molecule has 0 radical (unpaired) electrons. The summed E-state index contributed by atoms with van der Waals surface area (Å²) in [5, 5.41) is 3.34. The highest BCUT2D eigenvalue weighted by molar-refractivity contribution is 5.95. The number of para-hydroxylation sites is 1. The number of nitrogens with one attached hydrogen (secondary N) is 1. The van der Waals surface area contributed by atoms with Gasteiger partial charge in [-0.2, -0.15) is 0 Å². The fraction of sp³-hybridized carbons (Fsp3) is 0.562. The van der Waals surface area contributed by atoms with E-state index in [1.807, 2.05) is 23.1 Å². The van der Waals surface area contributed by atoms with E-state index in [1.54, 1.807) is 0 Å². The van der Waals surface area contributed by atoms with Crippen molar-refractivity contribution in [1.29, 1.82) is 0 Å². The molecule has 4 heteroatoms. The fourth-order valence-electron chi connectivity index (χ4n) is 2.77. The van der Waals surface area contributed by atoms with Gasteiger partial charge >= 0.3 is 0 Å². The zero-order valence-corrected chi connectivity index (χ0v) is 12.6. The molecule has 3 rings (SSSR count). The van der Waals surface area contributed by atoms with Gasteiger partial charge in [-0.25, -0.2) is 0 Å². The molecule has 20 heavy (non-hydrogen) atoms. The zero-order valence-electron chi connectivity index (χ0n) is 11.8. The van der Waals surface area contributed by atoms with E-state index in [0.29, 0.717) is 5.91 Å². The number of carbonyl (C=O) groups is 1. The molecule has 1 aromatic rings. The highest BCUT2D eigenvalue weighted by Crippen LogP contribution is 2.32. The second kappa shape index (κ2) is 7.09. The Morgan fingerprint density at radius 3 is 2.55 bits per heavy atom. The summed E-state index contributed by atoms with van der Waals surface area (Å²) in [6.07, 6.45) is 4.70. The molecular weight excluding hydrogens is 272 g/mol. The van der Waals surface area contributed by atoms with Crippen LogP contribution in [0.1, 0.15) is 25.7 Å². The molecule has 1 aromatic carbocycles. The number of amides is 1. The van der Waals surface area contributed by atoms with Gasteiger partial charge in [-0.15, -0.1) is 12.4 Å². The number of halogens is 1. The highest BCUT2D eigenvalue weighted by Gasteiger charge is 2.31. The average Bonchev–Trinajstić information content (AvgIpc) is 3.30. The van der Waals surface area contributed by atoms with Crippen molar-refractivity contribution in [3.05, 3.63) is 30.3 Å². The van der Waals surface area contributed by atoms with E-state index in [1.165, 1.54) is 12.8 Å². The van der Waals surface area contributed by atoms with Crippen LogP contribution >= 0.6 is 12.4 Å². The highest BCUT2D eigenvalue weighted by atomic mass is 35.5. The Hall–Kier alpha value is -1.06. The summed E-state index contributed by atoms with van der Waals surface area (Å²) in [6, 6.07) is 10.1. The Morgan fingerprint density at radius 2 is 1.95 bits per heavy atom. The molecule has 0 aromatic heterocycles.